The maximum absolute atomic E-state index is 11.5. The second-order valence-electron chi connectivity index (χ2n) is 4.94. The van der Waals surface area contributed by atoms with Gasteiger partial charge in [-0.05, 0) is 34.7 Å². The van der Waals surface area contributed by atoms with E-state index in [0.717, 1.165) is 25.5 Å². The molecule has 0 aliphatic carbocycles. The quantitative estimate of drug-likeness (QED) is 0.508. The molecule has 0 aliphatic rings. The lowest BCUT2D eigenvalue weighted by Crippen LogP contribution is -2.40. The molecule has 0 spiro atoms. The maximum Gasteiger partial charge on any atom is 0.221 e. The summed E-state index contributed by atoms with van der Waals surface area (Å²) in [7, 11) is 1.74. The second kappa shape index (κ2) is 10.2. The molecule has 1 atom stereocenters. The van der Waals surface area contributed by atoms with E-state index in [1.165, 1.54) is 5.56 Å². The Morgan fingerprint density at radius 3 is 2.76 bits per heavy atom. The third-order valence-corrected chi connectivity index (χ3v) is 3.83. The van der Waals surface area contributed by atoms with E-state index in [2.05, 4.69) is 44.7 Å². The van der Waals surface area contributed by atoms with Crippen molar-refractivity contribution in [1.29, 1.82) is 0 Å². The normalized spacial score (nSPS) is 12.8. The first-order valence-corrected chi connectivity index (χ1v) is 8.35. The molecular formula is C15H26N4OS. The summed E-state index contributed by atoms with van der Waals surface area (Å²) in [5.74, 6) is 1.24. The second-order valence-corrected chi connectivity index (χ2v) is 5.72. The van der Waals surface area contributed by atoms with Crippen LogP contribution in [0.4, 0.5) is 0 Å². The third kappa shape index (κ3) is 7.13. The zero-order valence-corrected chi connectivity index (χ0v) is 13.9. The molecule has 0 aromatic carbocycles. The number of hydrogen-bond donors (Lipinski definition) is 3. The minimum atomic E-state index is 0.0754. The Morgan fingerprint density at radius 1 is 1.33 bits per heavy atom. The summed E-state index contributed by atoms with van der Waals surface area (Å²) in [6, 6.07) is 2.14. The fourth-order valence-electron chi connectivity index (χ4n) is 1.79. The average molecular weight is 310 g/mol. The van der Waals surface area contributed by atoms with Gasteiger partial charge in [0.1, 0.15) is 0 Å². The van der Waals surface area contributed by atoms with Gasteiger partial charge in [0.25, 0.3) is 0 Å². The number of nitrogens with one attached hydrogen (secondary N) is 3. The molecule has 1 aromatic heterocycles. The fraction of sp³-hybridized carbons (Fsp3) is 0.600. The summed E-state index contributed by atoms with van der Waals surface area (Å²) in [5, 5.41) is 13.6. The Kier molecular flexibility index (Phi) is 8.50. The van der Waals surface area contributed by atoms with Gasteiger partial charge in [0.2, 0.25) is 5.91 Å². The lowest BCUT2D eigenvalue weighted by molar-refractivity contribution is -0.120. The third-order valence-electron chi connectivity index (χ3n) is 3.13. The van der Waals surface area contributed by atoms with Crippen LogP contribution < -0.4 is 16.0 Å². The van der Waals surface area contributed by atoms with Gasteiger partial charge in [0.05, 0.1) is 0 Å². The lowest BCUT2D eigenvalue weighted by atomic mass is 10.1. The van der Waals surface area contributed by atoms with Gasteiger partial charge in [-0.2, -0.15) is 11.3 Å². The Labute approximate surface area is 131 Å². The number of hydrogen-bond acceptors (Lipinski definition) is 3. The molecule has 0 radical (unpaired) electrons. The predicted octanol–water partition coefficient (Wildman–Crippen LogP) is 1.93. The molecule has 1 aromatic rings. The molecule has 0 saturated heterocycles. The van der Waals surface area contributed by atoms with Gasteiger partial charge in [-0.1, -0.05) is 13.8 Å². The molecule has 0 saturated carbocycles. The molecule has 1 amide bonds. The van der Waals surface area contributed by atoms with Gasteiger partial charge in [-0.15, -0.1) is 0 Å². The summed E-state index contributed by atoms with van der Waals surface area (Å²) in [6.45, 7) is 6.37. The molecule has 21 heavy (non-hydrogen) atoms. The van der Waals surface area contributed by atoms with Crippen LogP contribution in [-0.2, 0) is 4.79 Å². The van der Waals surface area contributed by atoms with E-state index in [-0.39, 0.29) is 5.91 Å². The first kappa shape index (κ1) is 17.5. The SMILES string of the molecule is CCCNC(=O)CCNC(=NC)NCC(C)c1ccsc1. The van der Waals surface area contributed by atoms with Gasteiger partial charge in [-0.25, -0.2) is 0 Å². The largest absolute Gasteiger partial charge is 0.356 e. The van der Waals surface area contributed by atoms with Crippen molar-refractivity contribution in [3.05, 3.63) is 22.4 Å². The van der Waals surface area contributed by atoms with Gasteiger partial charge >= 0.3 is 0 Å². The molecule has 3 N–H and O–H groups in total. The lowest BCUT2D eigenvalue weighted by Gasteiger charge is -2.15. The fourth-order valence-corrected chi connectivity index (χ4v) is 2.57. The predicted molar refractivity (Wildman–Crippen MR) is 90.0 cm³/mol. The number of carbonyl (C=O) groups is 1. The number of thiophene rings is 1. The number of aliphatic imine (C=N–C) groups is 1. The first-order valence-electron chi connectivity index (χ1n) is 7.40. The Balaban J connectivity index is 2.22. The molecule has 118 valence electrons. The zero-order valence-electron chi connectivity index (χ0n) is 13.1. The molecule has 1 rings (SSSR count). The van der Waals surface area contributed by atoms with Crippen molar-refractivity contribution in [3.63, 3.8) is 0 Å². The minimum absolute atomic E-state index is 0.0754. The topological polar surface area (TPSA) is 65.5 Å². The zero-order chi connectivity index (χ0) is 15.5. The standard InChI is InChI=1S/C15H26N4OS/c1-4-7-17-14(20)5-8-18-15(16-3)19-10-12(2)13-6-9-21-11-13/h6,9,11-12H,4-5,7-8,10H2,1-3H3,(H,17,20)(H2,16,18,19). The highest BCUT2D eigenvalue weighted by atomic mass is 32.1. The van der Waals surface area contributed by atoms with E-state index in [4.69, 9.17) is 0 Å². The van der Waals surface area contributed by atoms with Crippen molar-refractivity contribution in [2.75, 3.05) is 26.7 Å². The molecule has 1 heterocycles. The van der Waals surface area contributed by atoms with Crippen LogP contribution in [0.1, 0.15) is 38.2 Å². The summed E-state index contributed by atoms with van der Waals surface area (Å²) < 4.78 is 0. The van der Waals surface area contributed by atoms with Crippen LogP contribution in [0.15, 0.2) is 21.8 Å². The van der Waals surface area contributed by atoms with E-state index in [9.17, 15) is 4.79 Å². The highest BCUT2D eigenvalue weighted by Crippen LogP contribution is 2.16. The van der Waals surface area contributed by atoms with Gasteiger partial charge < -0.3 is 16.0 Å². The molecular weight excluding hydrogens is 284 g/mol. The Bertz CT molecular complexity index is 431. The van der Waals surface area contributed by atoms with Crippen molar-refractivity contribution in [2.45, 2.75) is 32.6 Å². The van der Waals surface area contributed by atoms with Crippen molar-refractivity contribution in [1.82, 2.24) is 16.0 Å². The molecule has 0 fully saturated rings. The molecule has 1 unspecified atom stereocenters. The Hall–Kier alpha value is -1.56. The monoisotopic (exact) mass is 310 g/mol. The van der Waals surface area contributed by atoms with Gasteiger partial charge in [-0.3, -0.25) is 9.79 Å². The highest BCUT2D eigenvalue weighted by Gasteiger charge is 2.07. The first-order chi connectivity index (χ1) is 10.2. The summed E-state index contributed by atoms with van der Waals surface area (Å²) in [5.41, 5.74) is 1.34. The van der Waals surface area contributed by atoms with Crippen LogP contribution in [-0.4, -0.2) is 38.5 Å². The van der Waals surface area contributed by atoms with E-state index in [1.807, 2.05) is 6.92 Å². The molecule has 5 nitrogen and oxygen atoms in total. The molecule has 0 aliphatic heterocycles. The number of amides is 1. The van der Waals surface area contributed by atoms with Crippen molar-refractivity contribution >= 4 is 23.2 Å². The van der Waals surface area contributed by atoms with Crippen LogP contribution >= 0.6 is 11.3 Å². The van der Waals surface area contributed by atoms with Crippen molar-refractivity contribution in [3.8, 4) is 0 Å². The summed E-state index contributed by atoms with van der Waals surface area (Å²) in [4.78, 5) is 15.6. The van der Waals surface area contributed by atoms with E-state index >= 15 is 0 Å². The summed E-state index contributed by atoms with van der Waals surface area (Å²) >= 11 is 1.71. The number of nitrogens with zero attached hydrogens (tertiary/aromatic N) is 1. The maximum atomic E-state index is 11.5. The van der Waals surface area contributed by atoms with E-state index < -0.39 is 0 Å². The van der Waals surface area contributed by atoms with Crippen LogP contribution in [0.5, 0.6) is 0 Å². The van der Waals surface area contributed by atoms with E-state index in [1.54, 1.807) is 18.4 Å². The number of rotatable bonds is 8. The number of guanidine groups is 1. The van der Waals surface area contributed by atoms with Crippen LogP contribution in [0, 0.1) is 0 Å². The summed E-state index contributed by atoms with van der Waals surface area (Å²) in [6.07, 6.45) is 1.42. The smallest absolute Gasteiger partial charge is 0.221 e. The average Bonchev–Trinajstić information content (AvgIpc) is 3.02. The van der Waals surface area contributed by atoms with Gasteiger partial charge in [0.15, 0.2) is 5.96 Å². The minimum Gasteiger partial charge on any atom is -0.356 e. The Morgan fingerprint density at radius 2 is 2.14 bits per heavy atom. The number of carbonyl (C=O) groups excluding carboxylic acids is 1. The van der Waals surface area contributed by atoms with Crippen LogP contribution in [0.25, 0.3) is 0 Å². The van der Waals surface area contributed by atoms with E-state index in [0.29, 0.717) is 18.9 Å². The van der Waals surface area contributed by atoms with Gasteiger partial charge in [0, 0.05) is 33.1 Å². The van der Waals surface area contributed by atoms with Crippen LogP contribution in [0.3, 0.4) is 0 Å². The van der Waals surface area contributed by atoms with Crippen molar-refractivity contribution < 1.29 is 4.79 Å². The highest BCUT2D eigenvalue weighted by molar-refractivity contribution is 7.07. The molecule has 0 bridgehead atoms. The van der Waals surface area contributed by atoms with Crippen LogP contribution in [0.2, 0.25) is 0 Å². The van der Waals surface area contributed by atoms with Crippen molar-refractivity contribution in [2.24, 2.45) is 4.99 Å². The molecule has 6 heteroatoms.